The standard InChI is InChI=1S/C24H27FN2O3/c1-4-26(5-2)14-15-27-21(17-10-12-19(25)13-11-17)20(23(29)24(27)30)22(28)18-8-6-16(3)7-9-18/h6-13,21,28H,4-5,14-15H2,1-3H3/p+1/t21-/m0/s1. The fourth-order valence-corrected chi connectivity index (χ4v) is 3.85. The lowest BCUT2D eigenvalue weighted by molar-refractivity contribution is -0.895. The van der Waals surface area contributed by atoms with Gasteiger partial charge in [0.2, 0.25) is 0 Å². The van der Waals surface area contributed by atoms with Gasteiger partial charge in [-0.2, -0.15) is 0 Å². The number of rotatable bonds is 7. The predicted molar refractivity (Wildman–Crippen MR) is 114 cm³/mol. The smallest absolute Gasteiger partial charge is 0.295 e. The normalized spacial score (nSPS) is 18.4. The number of carbonyl (C=O) groups excluding carboxylic acids is 2. The summed E-state index contributed by atoms with van der Waals surface area (Å²) >= 11 is 0. The Labute approximate surface area is 176 Å². The molecule has 3 rings (SSSR count). The highest BCUT2D eigenvalue weighted by molar-refractivity contribution is 6.46. The number of likely N-dealkylation sites (tertiary alicyclic amines) is 1. The van der Waals surface area contributed by atoms with E-state index < -0.39 is 23.5 Å². The van der Waals surface area contributed by atoms with Gasteiger partial charge in [0, 0.05) is 5.56 Å². The van der Waals surface area contributed by atoms with Gasteiger partial charge in [-0.05, 0) is 38.5 Å². The van der Waals surface area contributed by atoms with E-state index in [1.54, 1.807) is 24.3 Å². The van der Waals surface area contributed by atoms with Crippen LogP contribution in [0.3, 0.4) is 0 Å². The largest absolute Gasteiger partial charge is 0.507 e. The molecular formula is C24H28FN2O3+. The van der Waals surface area contributed by atoms with Crippen LogP contribution in [0.15, 0.2) is 54.1 Å². The van der Waals surface area contributed by atoms with Crippen LogP contribution in [0, 0.1) is 12.7 Å². The summed E-state index contributed by atoms with van der Waals surface area (Å²) in [4.78, 5) is 28.6. The number of carbonyl (C=O) groups is 2. The van der Waals surface area contributed by atoms with Gasteiger partial charge in [-0.1, -0.05) is 42.0 Å². The molecule has 2 aromatic rings. The molecule has 1 aliphatic rings. The van der Waals surface area contributed by atoms with E-state index in [0.29, 0.717) is 24.2 Å². The summed E-state index contributed by atoms with van der Waals surface area (Å²) in [5, 5.41) is 11.0. The number of hydrogen-bond donors (Lipinski definition) is 2. The highest BCUT2D eigenvalue weighted by Crippen LogP contribution is 2.39. The Bertz CT molecular complexity index is 947. The molecule has 1 fully saturated rings. The lowest BCUT2D eigenvalue weighted by Crippen LogP contribution is -3.12. The van der Waals surface area contributed by atoms with Crippen LogP contribution < -0.4 is 4.90 Å². The van der Waals surface area contributed by atoms with Crippen molar-refractivity contribution >= 4 is 17.4 Å². The van der Waals surface area contributed by atoms with Gasteiger partial charge in [0.25, 0.3) is 11.7 Å². The maximum absolute atomic E-state index is 13.5. The molecule has 158 valence electrons. The van der Waals surface area contributed by atoms with Crippen LogP contribution in [0.5, 0.6) is 0 Å². The molecule has 1 aliphatic heterocycles. The first-order valence-electron chi connectivity index (χ1n) is 10.3. The number of hydrogen-bond acceptors (Lipinski definition) is 3. The average Bonchev–Trinajstić information content (AvgIpc) is 3.00. The zero-order chi connectivity index (χ0) is 21.8. The Hall–Kier alpha value is -2.99. The van der Waals surface area contributed by atoms with Crippen molar-refractivity contribution in [3.05, 3.63) is 76.6 Å². The quantitative estimate of drug-likeness (QED) is 0.418. The van der Waals surface area contributed by atoms with Crippen LogP contribution in [-0.2, 0) is 9.59 Å². The van der Waals surface area contributed by atoms with Crippen molar-refractivity contribution < 1.29 is 24.0 Å². The Morgan fingerprint density at radius 1 is 1.03 bits per heavy atom. The van der Waals surface area contributed by atoms with E-state index in [9.17, 15) is 19.1 Å². The fourth-order valence-electron chi connectivity index (χ4n) is 3.85. The minimum atomic E-state index is -0.748. The molecule has 2 N–H and O–H groups in total. The van der Waals surface area contributed by atoms with Gasteiger partial charge in [-0.3, -0.25) is 9.59 Å². The number of aryl methyl sites for hydroxylation is 1. The third-order valence-corrected chi connectivity index (χ3v) is 5.76. The fraction of sp³-hybridized carbons (Fsp3) is 0.333. The third-order valence-electron chi connectivity index (χ3n) is 5.76. The van der Waals surface area contributed by atoms with Crippen molar-refractivity contribution in [3.63, 3.8) is 0 Å². The van der Waals surface area contributed by atoms with Crippen molar-refractivity contribution in [2.75, 3.05) is 26.2 Å². The van der Waals surface area contributed by atoms with Crippen LogP contribution in [0.2, 0.25) is 0 Å². The second kappa shape index (κ2) is 9.22. The van der Waals surface area contributed by atoms with Crippen molar-refractivity contribution in [2.24, 2.45) is 0 Å². The summed E-state index contributed by atoms with van der Waals surface area (Å²) in [7, 11) is 0. The molecule has 0 unspecified atom stereocenters. The lowest BCUT2D eigenvalue weighted by Gasteiger charge is -2.27. The first-order chi connectivity index (χ1) is 14.4. The second-order valence-corrected chi connectivity index (χ2v) is 7.62. The number of benzene rings is 2. The SMILES string of the molecule is CC[NH+](CC)CCN1C(=O)C(=O)C(=C(O)c2ccc(C)cc2)[C@@H]1c1ccc(F)cc1. The molecule has 6 heteroatoms. The number of Topliss-reactive ketones (excluding diaryl/α,β-unsaturated/α-hetero) is 1. The van der Waals surface area contributed by atoms with E-state index in [4.69, 9.17) is 0 Å². The molecule has 1 heterocycles. The molecule has 1 amide bonds. The monoisotopic (exact) mass is 411 g/mol. The van der Waals surface area contributed by atoms with E-state index in [1.807, 2.05) is 19.1 Å². The van der Waals surface area contributed by atoms with Gasteiger partial charge >= 0.3 is 0 Å². The summed E-state index contributed by atoms with van der Waals surface area (Å²) < 4.78 is 13.5. The molecule has 0 aromatic heterocycles. The van der Waals surface area contributed by atoms with E-state index in [-0.39, 0.29) is 11.3 Å². The summed E-state index contributed by atoms with van der Waals surface area (Å²) in [5.74, 6) is -1.95. The number of amides is 1. The summed E-state index contributed by atoms with van der Waals surface area (Å²) in [6.07, 6.45) is 0. The second-order valence-electron chi connectivity index (χ2n) is 7.62. The van der Waals surface area contributed by atoms with Crippen molar-refractivity contribution in [1.29, 1.82) is 0 Å². The van der Waals surface area contributed by atoms with Gasteiger partial charge in [-0.25, -0.2) is 4.39 Å². The third kappa shape index (κ3) is 4.28. The maximum atomic E-state index is 13.5. The predicted octanol–water partition coefficient (Wildman–Crippen LogP) is 2.48. The first kappa shape index (κ1) is 21.7. The van der Waals surface area contributed by atoms with Gasteiger partial charge in [0.1, 0.15) is 11.6 Å². The van der Waals surface area contributed by atoms with E-state index >= 15 is 0 Å². The molecule has 1 saturated heterocycles. The number of likely N-dealkylation sites (N-methyl/N-ethyl adjacent to an activating group) is 1. The molecule has 0 saturated carbocycles. The van der Waals surface area contributed by atoms with Gasteiger partial charge < -0.3 is 14.9 Å². The Kier molecular flexibility index (Phi) is 6.67. The van der Waals surface area contributed by atoms with Crippen molar-refractivity contribution in [3.8, 4) is 0 Å². The minimum absolute atomic E-state index is 0.0463. The van der Waals surface area contributed by atoms with E-state index in [0.717, 1.165) is 18.7 Å². The highest BCUT2D eigenvalue weighted by Gasteiger charge is 2.46. The van der Waals surface area contributed by atoms with E-state index in [1.165, 1.54) is 21.9 Å². The lowest BCUT2D eigenvalue weighted by atomic mass is 9.95. The minimum Gasteiger partial charge on any atom is -0.507 e. The molecule has 1 atom stereocenters. The van der Waals surface area contributed by atoms with Gasteiger partial charge in [0.05, 0.1) is 37.8 Å². The van der Waals surface area contributed by atoms with Crippen LogP contribution in [0.1, 0.15) is 36.6 Å². The number of aliphatic hydroxyl groups is 1. The molecule has 2 aromatic carbocycles. The van der Waals surface area contributed by atoms with Crippen LogP contribution in [0.4, 0.5) is 4.39 Å². The Balaban J connectivity index is 2.08. The molecular weight excluding hydrogens is 383 g/mol. The molecule has 0 aliphatic carbocycles. The average molecular weight is 411 g/mol. The first-order valence-corrected chi connectivity index (χ1v) is 10.3. The number of nitrogens with zero attached hydrogens (tertiary/aromatic N) is 1. The van der Waals surface area contributed by atoms with Crippen molar-refractivity contribution in [1.82, 2.24) is 4.90 Å². The van der Waals surface area contributed by atoms with Gasteiger partial charge in [0.15, 0.2) is 0 Å². The molecule has 0 bridgehead atoms. The maximum Gasteiger partial charge on any atom is 0.295 e. The van der Waals surface area contributed by atoms with E-state index in [2.05, 4.69) is 13.8 Å². The summed E-state index contributed by atoms with van der Waals surface area (Å²) in [6.45, 7) is 8.94. The molecule has 0 spiro atoms. The van der Waals surface area contributed by atoms with Crippen LogP contribution in [-0.4, -0.2) is 47.9 Å². The number of ketones is 1. The van der Waals surface area contributed by atoms with Crippen molar-refractivity contribution in [2.45, 2.75) is 26.8 Å². The summed E-state index contributed by atoms with van der Waals surface area (Å²) in [5.41, 5.74) is 2.13. The number of aliphatic hydroxyl groups excluding tert-OH is 1. The molecule has 0 radical (unpaired) electrons. The topological polar surface area (TPSA) is 62.0 Å². The number of halogens is 1. The number of quaternary nitrogens is 1. The summed E-state index contributed by atoms with van der Waals surface area (Å²) in [6, 6.07) is 12.1. The molecule has 5 nitrogen and oxygen atoms in total. The zero-order valence-corrected chi connectivity index (χ0v) is 17.6. The highest BCUT2D eigenvalue weighted by atomic mass is 19.1. The molecule has 30 heavy (non-hydrogen) atoms. The Morgan fingerprint density at radius 3 is 2.20 bits per heavy atom. The van der Waals surface area contributed by atoms with Gasteiger partial charge in [-0.15, -0.1) is 0 Å². The number of nitrogens with one attached hydrogen (secondary N) is 1. The zero-order valence-electron chi connectivity index (χ0n) is 17.6. The van der Waals surface area contributed by atoms with Crippen LogP contribution >= 0.6 is 0 Å². The van der Waals surface area contributed by atoms with Crippen LogP contribution in [0.25, 0.3) is 5.76 Å². The Morgan fingerprint density at radius 2 is 1.63 bits per heavy atom.